The second-order valence-corrected chi connectivity index (χ2v) is 10.2. The number of nitro groups is 1. The van der Waals surface area contributed by atoms with E-state index < -0.39 is 33.8 Å². The highest BCUT2D eigenvalue weighted by molar-refractivity contribution is 7.98. The van der Waals surface area contributed by atoms with E-state index in [0.717, 1.165) is 36.3 Å². The number of halogens is 4. The molecule has 0 aromatic heterocycles. The van der Waals surface area contributed by atoms with E-state index in [4.69, 9.17) is 11.6 Å². The SMILES string of the molecule is CSCCCC1(C)CNNC1(CC(=O)Nc1ccc(C(F)(F)F)c([N+](=O)[O-])c1)c1ccc(Cl)cc1. The van der Waals surface area contributed by atoms with Gasteiger partial charge in [-0.1, -0.05) is 30.7 Å². The predicted molar refractivity (Wildman–Crippen MR) is 131 cm³/mol. The number of nitro benzene ring substituents is 1. The Morgan fingerprint density at radius 3 is 2.54 bits per heavy atom. The smallest absolute Gasteiger partial charge is 0.326 e. The lowest BCUT2D eigenvalue weighted by Crippen LogP contribution is -2.51. The van der Waals surface area contributed by atoms with Crippen LogP contribution in [0.15, 0.2) is 42.5 Å². The van der Waals surface area contributed by atoms with Crippen LogP contribution in [0, 0.1) is 15.5 Å². The molecule has 1 aliphatic heterocycles. The van der Waals surface area contributed by atoms with Gasteiger partial charge >= 0.3 is 6.18 Å². The monoisotopic (exact) mass is 530 g/mol. The van der Waals surface area contributed by atoms with E-state index in [1.165, 1.54) is 0 Å². The number of nitrogens with zero attached hydrogens (tertiary/aromatic N) is 1. The van der Waals surface area contributed by atoms with Crippen molar-refractivity contribution in [2.24, 2.45) is 5.41 Å². The molecule has 1 aliphatic rings. The molecular weight excluding hydrogens is 505 g/mol. The van der Waals surface area contributed by atoms with Crippen molar-refractivity contribution >= 4 is 40.6 Å². The lowest BCUT2D eigenvalue weighted by atomic mass is 9.64. The quantitative estimate of drug-likeness (QED) is 0.217. The third-order valence-corrected chi connectivity index (χ3v) is 7.38. The lowest BCUT2D eigenvalue weighted by molar-refractivity contribution is -0.388. The molecule has 1 amide bonds. The number of carbonyl (C=O) groups excluding carboxylic acids is 1. The molecule has 1 heterocycles. The number of benzene rings is 2. The summed E-state index contributed by atoms with van der Waals surface area (Å²) >= 11 is 7.81. The fourth-order valence-corrected chi connectivity index (χ4v) is 5.12. The highest BCUT2D eigenvalue weighted by atomic mass is 35.5. The Bertz CT molecular complexity index is 1090. The lowest BCUT2D eigenvalue weighted by Gasteiger charge is -2.43. The second kappa shape index (κ2) is 10.7. The Balaban J connectivity index is 1.93. The molecule has 0 saturated carbocycles. The zero-order chi connectivity index (χ0) is 25.9. The number of amides is 1. The predicted octanol–water partition coefficient (Wildman–Crippen LogP) is 5.75. The Hall–Kier alpha value is -2.34. The van der Waals surface area contributed by atoms with Crippen LogP contribution in [0.3, 0.4) is 0 Å². The van der Waals surface area contributed by atoms with Gasteiger partial charge in [-0.15, -0.1) is 0 Å². The number of carbonyl (C=O) groups is 1. The maximum absolute atomic E-state index is 13.2. The number of hydrogen-bond donors (Lipinski definition) is 3. The summed E-state index contributed by atoms with van der Waals surface area (Å²) in [5, 5.41) is 14.3. The van der Waals surface area contributed by atoms with Crippen LogP contribution in [0.2, 0.25) is 5.02 Å². The molecule has 1 fully saturated rings. The standard InChI is InChI=1S/C23H26ClF3N4O3S/c1-21(10-3-11-35-2)14-28-30-22(21,15-4-6-16(24)7-5-15)13-20(32)29-17-8-9-18(23(25,26)27)19(12-17)31(33)34/h4-9,12,28,30H,3,10-11,13-14H2,1-2H3,(H,29,32). The molecule has 3 N–H and O–H groups in total. The van der Waals surface area contributed by atoms with Gasteiger partial charge in [0.2, 0.25) is 5.91 Å². The molecule has 2 aromatic carbocycles. The van der Waals surface area contributed by atoms with Crippen molar-refractivity contribution in [1.82, 2.24) is 10.9 Å². The molecule has 1 saturated heterocycles. The van der Waals surface area contributed by atoms with Crippen molar-refractivity contribution in [1.29, 1.82) is 0 Å². The van der Waals surface area contributed by atoms with E-state index in [1.54, 1.807) is 23.9 Å². The largest absolute Gasteiger partial charge is 0.423 e. The minimum Gasteiger partial charge on any atom is -0.326 e. The average molecular weight is 531 g/mol. The number of hydrogen-bond acceptors (Lipinski definition) is 6. The van der Waals surface area contributed by atoms with Crippen LogP contribution in [-0.4, -0.2) is 29.4 Å². The van der Waals surface area contributed by atoms with Gasteiger partial charge in [-0.25, -0.2) is 5.43 Å². The van der Waals surface area contributed by atoms with Crippen LogP contribution in [-0.2, 0) is 16.5 Å². The molecule has 7 nitrogen and oxygen atoms in total. The molecular formula is C23H26ClF3N4O3S. The van der Waals surface area contributed by atoms with Gasteiger partial charge < -0.3 is 5.32 Å². The molecule has 0 radical (unpaired) electrons. The molecule has 190 valence electrons. The highest BCUT2D eigenvalue weighted by Gasteiger charge is 2.53. The van der Waals surface area contributed by atoms with Crippen LogP contribution < -0.4 is 16.2 Å². The Kier molecular flexibility index (Phi) is 8.36. The summed E-state index contributed by atoms with van der Waals surface area (Å²) in [4.78, 5) is 23.3. The van der Waals surface area contributed by atoms with Gasteiger partial charge in [0.1, 0.15) is 5.56 Å². The van der Waals surface area contributed by atoms with E-state index in [2.05, 4.69) is 23.1 Å². The fraction of sp³-hybridized carbons (Fsp3) is 0.435. The van der Waals surface area contributed by atoms with Crippen molar-refractivity contribution < 1.29 is 22.9 Å². The van der Waals surface area contributed by atoms with E-state index in [-0.39, 0.29) is 17.5 Å². The first-order chi connectivity index (χ1) is 16.4. The molecule has 2 aromatic rings. The minimum atomic E-state index is -4.89. The minimum absolute atomic E-state index is 0.0633. The van der Waals surface area contributed by atoms with E-state index in [1.807, 2.05) is 18.4 Å². The Labute approximate surface area is 210 Å². The molecule has 0 bridgehead atoms. The van der Waals surface area contributed by atoms with Gasteiger partial charge in [0.05, 0.1) is 16.9 Å². The van der Waals surface area contributed by atoms with Crippen molar-refractivity contribution in [3.05, 3.63) is 68.7 Å². The van der Waals surface area contributed by atoms with Gasteiger partial charge in [-0.05, 0) is 54.7 Å². The molecule has 35 heavy (non-hydrogen) atoms. The van der Waals surface area contributed by atoms with Gasteiger partial charge in [0.25, 0.3) is 5.69 Å². The first-order valence-electron chi connectivity index (χ1n) is 10.8. The van der Waals surface area contributed by atoms with E-state index >= 15 is 0 Å². The van der Waals surface area contributed by atoms with E-state index in [0.29, 0.717) is 17.6 Å². The maximum atomic E-state index is 13.2. The van der Waals surface area contributed by atoms with Crippen molar-refractivity contribution in [2.75, 3.05) is 23.9 Å². The van der Waals surface area contributed by atoms with Crippen LogP contribution in [0.5, 0.6) is 0 Å². The number of hydrazine groups is 1. The zero-order valence-electron chi connectivity index (χ0n) is 19.2. The van der Waals surface area contributed by atoms with Crippen LogP contribution in [0.4, 0.5) is 24.5 Å². The molecule has 3 rings (SSSR count). The second-order valence-electron chi connectivity index (χ2n) is 8.76. The summed E-state index contributed by atoms with van der Waals surface area (Å²) in [6, 6.07) is 9.49. The summed E-state index contributed by atoms with van der Waals surface area (Å²) in [6.45, 7) is 2.66. The molecule has 12 heteroatoms. The first kappa shape index (κ1) is 27.3. The Morgan fingerprint density at radius 1 is 1.26 bits per heavy atom. The summed E-state index contributed by atoms with van der Waals surface area (Å²) in [6.07, 6.45) is -1.21. The fourth-order valence-electron chi connectivity index (χ4n) is 4.56. The van der Waals surface area contributed by atoms with Gasteiger partial charge in [-0.2, -0.15) is 24.9 Å². The van der Waals surface area contributed by atoms with Crippen LogP contribution in [0.1, 0.15) is 37.3 Å². The topological polar surface area (TPSA) is 96.3 Å². The average Bonchev–Trinajstić information content (AvgIpc) is 3.10. The Morgan fingerprint density at radius 2 is 1.94 bits per heavy atom. The zero-order valence-corrected chi connectivity index (χ0v) is 20.7. The number of nitrogens with one attached hydrogen (secondary N) is 3. The normalized spacial score (nSPS) is 22.2. The molecule has 2 atom stereocenters. The summed E-state index contributed by atoms with van der Waals surface area (Å²) < 4.78 is 39.4. The third kappa shape index (κ3) is 5.91. The molecule has 0 spiro atoms. The summed E-state index contributed by atoms with van der Waals surface area (Å²) in [5.74, 6) is 0.453. The van der Waals surface area contributed by atoms with Gasteiger partial charge in [0, 0.05) is 28.7 Å². The number of thioether (sulfide) groups is 1. The number of alkyl halides is 3. The van der Waals surface area contributed by atoms with Gasteiger partial charge in [0.15, 0.2) is 0 Å². The van der Waals surface area contributed by atoms with Crippen molar-refractivity contribution in [2.45, 2.75) is 37.9 Å². The highest BCUT2D eigenvalue weighted by Crippen LogP contribution is 2.48. The first-order valence-corrected chi connectivity index (χ1v) is 12.6. The number of anilines is 1. The van der Waals surface area contributed by atoms with E-state index in [9.17, 15) is 28.1 Å². The van der Waals surface area contributed by atoms with Gasteiger partial charge in [-0.3, -0.25) is 20.3 Å². The van der Waals surface area contributed by atoms with Crippen LogP contribution in [0.25, 0.3) is 0 Å². The van der Waals surface area contributed by atoms with Crippen molar-refractivity contribution in [3.8, 4) is 0 Å². The summed E-state index contributed by atoms with van der Waals surface area (Å²) in [7, 11) is 0. The molecule has 0 aliphatic carbocycles. The maximum Gasteiger partial charge on any atom is 0.423 e. The number of rotatable bonds is 9. The third-order valence-electron chi connectivity index (χ3n) is 6.43. The van der Waals surface area contributed by atoms with Crippen molar-refractivity contribution in [3.63, 3.8) is 0 Å². The molecule has 2 unspecified atom stereocenters. The van der Waals surface area contributed by atoms with Crippen LogP contribution >= 0.6 is 23.4 Å². The summed E-state index contributed by atoms with van der Waals surface area (Å²) in [5.41, 5.74) is 3.46.